The molecule has 0 bridgehead atoms. The van der Waals surface area contributed by atoms with Gasteiger partial charge in [-0.15, -0.1) is 0 Å². The highest BCUT2D eigenvalue weighted by molar-refractivity contribution is 8.06. The van der Waals surface area contributed by atoms with Crippen LogP contribution >= 0.6 is 23.5 Å². The summed E-state index contributed by atoms with van der Waals surface area (Å²) in [5, 5.41) is 4.08. The Balaban J connectivity index is 2.21. The molecule has 1 aliphatic heterocycles. The highest BCUT2D eigenvalue weighted by atomic mass is 32.2. The molecule has 1 N–H and O–H groups in total. The molecule has 2 unspecified atom stereocenters. The summed E-state index contributed by atoms with van der Waals surface area (Å²) in [7, 11) is 3.78. The molecule has 1 fully saturated rings. The largest absolute Gasteiger partial charge is 0.496 e. The van der Waals surface area contributed by atoms with Crippen molar-refractivity contribution in [3.05, 3.63) is 29.8 Å². The van der Waals surface area contributed by atoms with Crippen molar-refractivity contribution in [1.82, 2.24) is 5.32 Å². The minimum absolute atomic E-state index is 0.379. The van der Waals surface area contributed by atoms with Crippen molar-refractivity contribution >= 4 is 23.5 Å². The number of para-hydroxylation sites is 1. The van der Waals surface area contributed by atoms with Crippen LogP contribution in [0.25, 0.3) is 0 Å². The number of ether oxygens (including phenoxy) is 1. The second-order valence-corrected chi connectivity index (χ2v) is 6.49. The highest BCUT2D eigenvalue weighted by Gasteiger charge is 2.26. The highest BCUT2D eigenvalue weighted by Crippen LogP contribution is 2.36. The van der Waals surface area contributed by atoms with Crippen LogP contribution in [0.2, 0.25) is 0 Å². The van der Waals surface area contributed by atoms with E-state index < -0.39 is 0 Å². The first-order valence-corrected chi connectivity index (χ1v) is 8.06. The fourth-order valence-electron chi connectivity index (χ4n) is 2.16. The summed E-state index contributed by atoms with van der Waals surface area (Å²) in [4.78, 5) is 0. The van der Waals surface area contributed by atoms with Crippen LogP contribution in [0.1, 0.15) is 11.6 Å². The number of methoxy groups -OCH3 is 1. The zero-order valence-electron chi connectivity index (χ0n) is 10.3. The van der Waals surface area contributed by atoms with Gasteiger partial charge < -0.3 is 10.1 Å². The molecule has 1 saturated heterocycles. The zero-order valence-corrected chi connectivity index (χ0v) is 11.9. The van der Waals surface area contributed by atoms with Gasteiger partial charge in [0.25, 0.3) is 0 Å². The van der Waals surface area contributed by atoms with Gasteiger partial charge in [0.2, 0.25) is 0 Å². The minimum Gasteiger partial charge on any atom is -0.496 e. The SMILES string of the molecule is CNC(c1ccccc1OC)C1CSCCS1. The smallest absolute Gasteiger partial charge is 0.123 e. The molecule has 2 atom stereocenters. The van der Waals surface area contributed by atoms with E-state index >= 15 is 0 Å². The van der Waals surface area contributed by atoms with E-state index in [2.05, 4.69) is 41.0 Å². The monoisotopic (exact) mass is 269 g/mol. The zero-order chi connectivity index (χ0) is 12.1. The van der Waals surface area contributed by atoms with E-state index in [-0.39, 0.29) is 0 Å². The van der Waals surface area contributed by atoms with Crippen molar-refractivity contribution in [2.45, 2.75) is 11.3 Å². The number of hydrogen-bond donors (Lipinski definition) is 1. The Hall–Kier alpha value is -0.320. The van der Waals surface area contributed by atoms with E-state index in [4.69, 9.17) is 4.74 Å². The van der Waals surface area contributed by atoms with Gasteiger partial charge in [-0.25, -0.2) is 0 Å². The van der Waals surface area contributed by atoms with Gasteiger partial charge >= 0.3 is 0 Å². The first kappa shape index (κ1) is 13.1. The summed E-state index contributed by atoms with van der Waals surface area (Å²) in [6.07, 6.45) is 0. The molecule has 17 heavy (non-hydrogen) atoms. The molecule has 1 aliphatic rings. The number of hydrogen-bond acceptors (Lipinski definition) is 4. The van der Waals surface area contributed by atoms with Gasteiger partial charge in [-0.1, -0.05) is 18.2 Å². The quantitative estimate of drug-likeness (QED) is 0.907. The van der Waals surface area contributed by atoms with Gasteiger partial charge in [0.15, 0.2) is 0 Å². The lowest BCUT2D eigenvalue weighted by atomic mass is 10.0. The molecule has 0 amide bonds. The van der Waals surface area contributed by atoms with E-state index in [1.807, 2.05) is 19.2 Å². The molecular weight excluding hydrogens is 250 g/mol. The van der Waals surface area contributed by atoms with Gasteiger partial charge in [0.05, 0.1) is 7.11 Å². The Labute approximate surface area is 112 Å². The predicted octanol–water partition coefficient (Wildman–Crippen LogP) is 2.80. The average molecular weight is 269 g/mol. The third-order valence-corrected chi connectivity index (χ3v) is 5.86. The molecular formula is C13H19NOS2. The van der Waals surface area contributed by atoms with Crippen LogP contribution < -0.4 is 10.1 Å². The first-order valence-electron chi connectivity index (χ1n) is 5.86. The summed E-state index contributed by atoms with van der Waals surface area (Å²) < 4.78 is 5.46. The van der Waals surface area contributed by atoms with Crippen molar-refractivity contribution in [1.29, 1.82) is 0 Å². The maximum Gasteiger partial charge on any atom is 0.123 e. The van der Waals surface area contributed by atoms with Gasteiger partial charge in [-0.3, -0.25) is 0 Å². The number of benzene rings is 1. The Morgan fingerprint density at radius 3 is 2.82 bits per heavy atom. The standard InChI is InChI=1S/C13H19NOS2/c1-14-13(12-9-16-7-8-17-12)10-5-3-4-6-11(10)15-2/h3-6,12-14H,7-9H2,1-2H3. The molecule has 0 radical (unpaired) electrons. The summed E-state index contributed by atoms with van der Waals surface area (Å²) in [5.74, 6) is 4.74. The topological polar surface area (TPSA) is 21.3 Å². The molecule has 0 aromatic heterocycles. The third-order valence-electron chi connectivity index (χ3n) is 3.00. The Bertz CT molecular complexity index is 353. The predicted molar refractivity (Wildman–Crippen MR) is 78.4 cm³/mol. The maximum absolute atomic E-state index is 5.46. The molecule has 0 aliphatic carbocycles. The molecule has 0 spiro atoms. The third kappa shape index (κ3) is 3.12. The van der Waals surface area contributed by atoms with E-state index in [1.165, 1.54) is 22.8 Å². The van der Waals surface area contributed by atoms with Gasteiger partial charge in [0, 0.05) is 34.1 Å². The molecule has 1 aromatic carbocycles. The fraction of sp³-hybridized carbons (Fsp3) is 0.538. The van der Waals surface area contributed by atoms with Crippen molar-refractivity contribution < 1.29 is 4.74 Å². The molecule has 0 saturated carbocycles. The van der Waals surface area contributed by atoms with E-state index in [1.54, 1.807) is 7.11 Å². The second-order valence-electron chi connectivity index (χ2n) is 3.99. The van der Waals surface area contributed by atoms with Crippen LogP contribution in [-0.4, -0.2) is 36.7 Å². The van der Waals surface area contributed by atoms with Crippen molar-refractivity contribution in [2.75, 3.05) is 31.4 Å². The van der Waals surface area contributed by atoms with E-state index in [0.29, 0.717) is 11.3 Å². The van der Waals surface area contributed by atoms with E-state index in [0.717, 1.165) is 5.75 Å². The first-order chi connectivity index (χ1) is 8.36. The maximum atomic E-state index is 5.46. The van der Waals surface area contributed by atoms with Gasteiger partial charge in [-0.05, 0) is 13.1 Å². The fourth-order valence-corrected chi connectivity index (χ4v) is 5.06. The van der Waals surface area contributed by atoms with Crippen LogP contribution in [0.3, 0.4) is 0 Å². The molecule has 1 aromatic rings. The lowest BCUT2D eigenvalue weighted by Crippen LogP contribution is -2.31. The number of nitrogens with one attached hydrogen (secondary N) is 1. The Kier molecular flexibility index (Phi) is 5.07. The Morgan fingerprint density at radius 2 is 2.18 bits per heavy atom. The lowest BCUT2D eigenvalue weighted by molar-refractivity contribution is 0.401. The van der Waals surface area contributed by atoms with E-state index in [9.17, 15) is 0 Å². The van der Waals surface area contributed by atoms with Gasteiger partial charge in [-0.2, -0.15) is 23.5 Å². The average Bonchev–Trinajstić information content (AvgIpc) is 2.41. The summed E-state index contributed by atoms with van der Waals surface area (Å²) >= 11 is 4.12. The number of rotatable bonds is 4. The molecule has 1 heterocycles. The van der Waals surface area contributed by atoms with Crippen LogP contribution in [-0.2, 0) is 0 Å². The van der Waals surface area contributed by atoms with Gasteiger partial charge in [0.1, 0.15) is 5.75 Å². The van der Waals surface area contributed by atoms with Crippen molar-refractivity contribution in [2.24, 2.45) is 0 Å². The number of thioether (sulfide) groups is 2. The molecule has 94 valence electrons. The minimum atomic E-state index is 0.379. The van der Waals surface area contributed by atoms with Crippen molar-refractivity contribution in [3.63, 3.8) is 0 Å². The Morgan fingerprint density at radius 1 is 1.35 bits per heavy atom. The normalized spacial score (nSPS) is 22.1. The van der Waals surface area contributed by atoms with Crippen molar-refractivity contribution in [3.8, 4) is 5.75 Å². The lowest BCUT2D eigenvalue weighted by Gasteiger charge is -2.30. The van der Waals surface area contributed by atoms with Crippen LogP contribution in [0.5, 0.6) is 5.75 Å². The molecule has 4 heteroatoms. The summed E-state index contributed by atoms with van der Waals surface area (Å²) in [6.45, 7) is 0. The van der Waals surface area contributed by atoms with Crippen LogP contribution in [0.4, 0.5) is 0 Å². The summed E-state index contributed by atoms with van der Waals surface area (Å²) in [6, 6.07) is 8.70. The summed E-state index contributed by atoms with van der Waals surface area (Å²) in [5.41, 5.74) is 1.28. The van der Waals surface area contributed by atoms with Crippen LogP contribution in [0.15, 0.2) is 24.3 Å². The second kappa shape index (κ2) is 6.57. The molecule has 2 nitrogen and oxygen atoms in total. The molecule has 2 rings (SSSR count). The van der Waals surface area contributed by atoms with Crippen LogP contribution in [0, 0.1) is 0 Å².